The number of hydrogen-bond donors (Lipinski definition) is 1. The fourth-order valence-corrected chi connectivity index (χ4v) is 4.86. The molecule has 2 amide bonds. The molecule has 3 aromatic rings. The fourth-order valence-electron chi connectivity index (χ4n) is 4.01. The fraction of sp³-hybridized carbons (Fsp3) is 0.333. The minimum absolute atomic E-state index is 0.176. The molecule has 1 atom stereocenters. The largest absolute Gasteiger partial charge is 0.457 e. The highest BCUT2D eigenvalue weighted by Gasteiger charge is 2.30. The molecule has 1 unspecified atom stereocenters. The topological polar surface area (TPSA) is 96.0 Å². The van der Waals surface area contributed by atoms with Gasteiger partial charge in [0, 0.05) is 13.1 Å². The van der Waals surface area contributed by atoms with Gasteiger partial charge in [0.25, 0.3) is 0 Å². The average Bonchev–Trinajstić information content (AvgIpc) is 2.91. The summed E-state index contributed by atoms with van der Waals surface area (Å²) in [5.41, 5.74) is 2.18. The average molecular weight is 552 g/mol. The van der Waals surface area contributed by atoms with E-state index in [0.717, 1.165) is 34.5 Å². The SMILES string of the molecule is CCCCNC(=O)C(C)N(Cc1ccccc1C)C(=O)CN(c1ccc(Oc2ccccc2)cc1)S(C)(=O)=O. The van der Waals surface area contributed by atoms with Crippen molar-refractivity contribution in [2.45, 2.75) is 46.2 Å². The second kappa shape index (κ2) is 13.8. The zero-order valence-electron chi connectivity index (χ0n) is 23.0. The number of nitrogens with one attached hydrogen (secondary N) is 1. The first-order chi connectivity index (χ1) is 18.6. The summed E-state index contributed by atoms with van der Waals surface area (Å²) in [7, 11) is -3.82. The molecule has 9 heteroatoms. The maximum absolute atomic E-state index is 13.7. The first kappa shape index (κ1) is 29.7. The predicted octanol–water partition coefficient (Wildman–Crippen LogP) is 4.89. The molecule has 0 radical (unpaired) electrons. The molecule has 0 fully saturated rings. The highest BCUT2D eigenvalue weighted by Crippen LogP contribution is 2.26. The Labute approximate surface area is 231 Å². The number of nitrogens with zero attached hydrogens (tertiary/aromatic N) is 2. The highest BCUT2D eigenvalue weighted by atomic mass is 32.2. The van der Waals surface area contributed by atoms with Gasteiger partial charge in [0.05, 0.1) is 11.9 Å². The van der Waals surface area contributed by atoms with Gasteiger partial charge in [-0.1, -0.05) is 55.8 Å². The Morgan fingerprint density at radius 2 is 1.54 bits per heavy atom. The van der Waals surface area contributed by atoms with Crippen LogP contribution >= 0.6 is 0 Å². The number of carbonyl (C=O) groups is 2. The number of unbranched alkanes of at least 4 members (excludes halogenated alkanes) is 1. The summed E-state index contributed by atoms with van der Waals surface area (Å²) in [6, 6.07) is 22.5. The van der Waals surface area contributed by atoms with Crippen molar-refractivity contribution >= 4 is 27.5 Å². The molecule has 0 aliphatic heterocycles. The quantitative estimate of drug-likeness (QED) is 0.305. The molecule has 39 heavy (non-hydrogen) atoms. The van der Waals surface area contributed by atoms with E-state index in [9.17, 15) is 18.0 Å². The molecule has 0 aliphatic rings. The van der Waals surface area contributed by atoms with Crippen molar-refractivity contribution < 1.29 is 22.7 Å². The van der Waals surface area contributed by atoms with E-state index in [1.807, 2.05) is 68.4 Å². The number of ether oxygens (including phenoxy) is 1. The maximum Gasteiger partial charge on any atom is 0.244 e. The smallest absolute Gasteiger partial charge is 0.244 e. The van der Waals surface area contributed by atoms with Crippen LogP contribution in [0.4, 0.5) is 5.69 Å². The van der Waals surface area contributed by atoms with E-state index in [1.54, 1.807) is 31.2 Å². The zero-order valence-corrected chi connectivity index (χ0v) is 23.8. The third-order valence-electron chi connectivity index (χ3n) is 6.38. The van der Waals surface area contributed by atoms with Crippen LogP contribution in [0.3, 0.4) is 0 Å². The second-order valence-electron chi connectivity index (χ2n) is 9.45. The van der Waals surface area contributed by atoms with Gasteiger partial charge in [-0.3, -0.25) is 13.9 Å². The van der Waals surface area contributed by atoms with E-state index in [0.29, 0.717) is 23.7 Å². The number of para-hydroxylation sites is 1. The minimum atomic E-state index is -3.82. The van der Waals surface area contributed by atoms with Crippen molar-refractivity contribution in [3.8, 4) is 11.5 Å². The number of rotatable bonds is 13. The van der Waals surface area contributed by atoms with Crippen LogP contribution in [0.1, 0.15) is 37.8 Å². The number of aryl methyl sites for hydroxylation is 1. The van der Waals surface area contributed by atoms with Crippen LogP contribution < -0.4 is 14.4 Å². The van der Waals surface area contributed by atoms with E-state index < -0.39 is 28.5 Å². The van der Waals surface area contributed by atoms with Gasteiger partial charge in [-0.15, -0.1) is 0 Å². The third kappa shape index (κ3) is 8.58. The van der Waals surface area contributed by atoms with E-state index in [2.05, 4.69) is 5.32 Å². The molecular weight excluding hydrogens is 514 g/mol. The van der Waals surface area contributed by atoms with E-state index in [-0.39, 0.29) is 12.5 Å². The van der Waals surface area contributed by atoms with Crippen LogP contribution in [0.25, 0.3) is 0 Å². The van der Waals surface area contributed by atoms with Crippen molar-refractivity contribution in [2.24, 2.45) is 0 Å². The van der Waals surface area contributed by atoms with Crippen LogP contribution in [0.5, 0.6) is 11.5 Å². The molecule has 1 N–H and O–H groups in total. The summed E-state index contributed by atoms with van der Waals surface area (Å²) >= 11 is 0. The Hall–Kier alpha value is -3.85. The van der Waals surface area contributed by atoms with Crippen molar-refractivity contribution in [2.75, 3.05) is 23.7 Å². The van der Waals surface area contributed by atoms with Crippen LogP contribution in [0.2, 0.25) is 0 Å². The zero-order chi connectivity index (χ0) is 28.4. The van der Waals surface area contributed by atoms with Gasteiger partial charge < -0.3 is 15.0 Å². The Kier molecular flexibility index (Phi) is 10.5. The number of hydrogen-bond acceptors (Lipinski definition) is 5. The van der Waals surface area contributed by atoms with Gasteiger partial charge in [-0.2, -0.15) is 0 Å². The Morgan fingerprint density at radius 3 is 2.15 bits per heavy atom. The van der Waals surface area contributed by atoms with Gasteiger partial charge in [0.1, 0.15) is 24.1 Å². The second-order valence-corrected chi connectivity index (χ2v) is 11.4. The Morgan fingerprint density at radius 1 is 0.923 bits per heavy atom. The standard InChI is InChI=1S/C30H37N3O5S/c1-5-6-20-31-30(35)24(3)32(21-25-13-11-10-12-23(25)2)29(34)22-33(39(4,36)37)26-16-18-28(19-17-26)38-27-14-8-7-9-15-27/h7-19,24H,5-6,20-22H2,1-4H3,(H,31,35). The lowest BCUT2D eigenvalue weighted by Crippen LogP contribution is -2.51. The van der Waals surface area contributed by atoms with Crippen LogP contribution in [-0.2, 0) is 26.2 Å². The molecule has 8 nitrogen and oxygen atoms in total. The summed E-state index contributed by atoms with van der Waals surface area (Å²) in [6.45, 7) is 5.87. The number of carbonyl (C=O) groups excluding carboxylic acids is 2. The van der Waals surface area contributed by atoms with Gasteiger partial charge in [0.2, 0.25) is 21.8 Å². The van der Waals surface area contributed by atoms with E-state index in [4.69, 9.17) is 4.74 Å². The molecule has 0 bridgehead atoms. The first-order valence-electron chi connectivity index (χ1n) is 13.0. The molecule has 0 aliphatic carbocycles. The van der Waals surface area contributed by atoms with E-state index in [1.165, 1.54) is 4.90 Å². The maximum atomic E-state index is 13.7. The normalized spacial score (nSPS) is 11.9. The van der Waals surface area contributed by atoms with Crippen LogP contribution in [0.15, 0.2) is 78.9 Å². The summed E-state index contributed by atoms with van der Waals surface area (Å²) < 4.78 is 32.5. The van der Waals surface area contributed by atoms with Crippen molar-refractivity contribution in [1.82, 2.24) is 10.2 Å². The number of amides is 2. The minimum Gasteiger partial charge on any atom is -0.457 e. The molecule has 0 heterocycles. The van der Waals surface area contributed by atoms with Gasteiger partial charge in [0.15, 0.2) is 0 Å². The van der Waals surface area contributed by atoms with Crippen molar-refractivity contribution in [1.29, 1.82) is 0 Å². The highest BCUT2D eigenvalue weighted by molar-refractivity contribution is 7.92. The van der Waals surface area contributed by atoms with Gasteiger partial charge >= 0.3 is 0 Å². The third-order valence-corrected chi connectivity index (χ3v) is 7.52. The molecule has 208 valence electrons. The van der Waals surface area contributed by atoms with Gasteiger partial charge in [-0.05, 0) is 67.8 Å². The van der Waals surface area contributed by atoms with Gasteiger partial charge in [-0.25, -0.2) is 8.42 Å². The lowest BCUT2D eigenvalue weighted by atomic mass is 10.1. The van der Waals surface area contributed by atoms with Crippen LogP contribution in [-0.4, -0.2) is 50.5 Å². The Bertz CT molecular complexity index is 1340. The molecule has 0 saturated carbocycles. The molecular formula is C30H37N3O5S. The monoisotopic (exact) mass is 551 g/mol. The van der Waals surface area contributed by atoms with Crippen molar-refractivity contribution in [3.63, 3.8) is 0 Å². The molecule has 0 spiro atoms. The van der Waals surface area contributed by atoms with Crippen molar-refractivity contribution in [3.05, 3.63) is 90.0 Å². The number of sulfonamides is 1. The summed E-state index contributed by atoms with van der Waals surface area (Å²) in [4.78, 5) is 28.1. The Balaban J connectivity index is 1.85. The van der Waals surface area contributed by atoms with E-state index >= 15 is 0 Å². The molecule has 3 aromatic carbocycles. The summed E-state index contributed by atoms with van der Waals surface area (Å²) in [6.07, 6.45) is 2.82. The summed E-state index contributed by atoms with van der Waals surface area (Å²) in [5, 5.41) is 2.88. The molecule has 0 aromatic heterocycles. The summed E-state index contributed by atoms with van der Waals surface area (Å²) in [5.74, 6) is 0.423. The lowest BCUT2D eigenvalue weighted by molar-refractivity contribution is -0.139. The predicted molar refractivity (Wildman–Crippen MR) is 154 cm³/mol. The molecule has 0 saturated heterocycles. The van der Waals surface area contributed by atoms with Crippen LogP contribution in [0, 0.1) is 6.92 Å². The number of anilines is 1. The molecule has 3 rings (SSSR count). The lowest BCUT2D eigenvalue weighted by Gasteiger charge is -2.32. The number of benzene rings is 3. The first-order valence-corrected chi connectivity index (χ1v) is 14.9.